The van der Waals surface area contributed by atoms with E-state index < -0.39 is 0 Å². The second kappa shape index (κ2) is 4.91. The molecule has 4 nitrogen and oxygen atoms in total. The fraction of sp³-hybridized carbons (Fsp3) is 0.154. The molecule has 3 aromatic heterocycles. The lowest BCUT2D eigenvalue weighted by Gasteiger charge is -2.06. The molecule has 0 aromatic carbocycles. The van der Waals surface area contributed by atoms with E-state index >= 15 is 0 Å². The van der Waals surface area contributed by atoms with Gasteiger partial charge in [-0.3, -0.25) is 4.79 Å². The van der Waals surface area contributed by atoms with Crippen molar-refractivity contribution in [3.63, 3.8) is 0 Å². The smallest absolute Gasteiger partial charge is 0.270 e. The summed E-state index contributed by atoms with van der Waals surface area (Å²) in [7, 11) is 0. The number of rotatable bonds is 1. The molecule has 20 heavy (non-hydrogen) atoms. The summed E-state index contributed by atoms with van der Waals surface area (Å²) in [6.07, 6.45) is 1.67. The molecule has 0 radical (unpaired) electrons. The second-order valence-electron chi connectivity index (χ2n) is 4.44. The normalized spacial score (nSPS) is 11.2. The summed E-state index contributed by atoms with van der Waals surface area (Å²) >= 11 is 10.3. The van der Waals surface area contributed by atoms with Crippen molar-refractivity contribution in [2.24, 2.45) is 0 Å². The number of nitrogens with zero attached hydrogens (tertiary/aromatic N) is 2. The minimum absolute atomic E-state index is 0.155. The Hall–Kier alpha value is -1.31. The molecule has 0 amide bonds. The Morgan fingerprint density at radius 2 is 2.20 bits per heavy atom. The summed E-state index contributed by atoms with van der Waals surface area (Å²) in [5, 5.41) is 0.615. The molecule has 0 bridgehead atoms. The first kappa shape index (κ1) is 13.7. The second-order valence-corrected chi connectivity index (χ2v) is 6.84. The number of hydrogen-bond acceptors (Lipinski definition) is 4. The van der Waals surface area contributed by atoms with Crippen LogP contribution >= 0.6 is 39.5 Å². The maximum atomic E-state index is 12.7. The van der Waals surface area contributed by atoms with Crippen LogP contribution in [0.25, 0.3) is 16.0 Å². The van der Waals surface area contributed by atoms with Crippen LogP contribution in [0.2, 0.25) is 0 Å². The molecular formula is C13H10BrN3OS2. The molecule has 0 unspecified atom stereocenters. The lowest BCUT2D eigenvalue weighted by Crippen LogP contribution is -2.21. The SMILES string of the molecule is Cc1ccnc(-n2c(=S)[nH]c3sc(C)c(Br)c3c2=O)c1. The van der Waals surface area contributed by atoms with Gasteiger partial charge in [0, 0.05) is 15.5 Å². The maximum absolute atomic E-state index is 12.7. The standard InChI is InChI=1S/C13H10BrN3OS2/c1-6-3-4-15-8(5-6)17-12(18)9-10(14)7(2)20-11(9)16-13(17)19/h3-5H,1-2H3,(H,16,19). The Morgan fingerprint density at radius 1 is 1.45 bits per heavy atom. The molecule has 0 aliphatic rings. The zero-order chi connectivity index (χ0) is 14.4. The number of H-pyrrole nitrogens is 1. The summed E-state index contributed by atoms with van der Waals surface area (Å²) in [5.41, 5.74) is 0.870. The van der Waals surface area contributed by atoms with E-state index in [0.29, 0.717) is 16.0 Å². The number of aryl methyl sites for hydroxylation is 2. The summed E-state index contributed by atoms with van der Waals surface area (Å²) < 4.78 is 2.60. The van der Waals surface area contributed by atoms with E-state index in [9.17, 15) is 4.79 Å². The van der Waals surface area contributed by atoms with E-state index in [-0.39, 0.29) is 5.56 Å². The van der Waals surface area contributed by atoms with E-state index in [1.54, 1.807) is 6.20 Å². The largest absolute Gasteiger partial charge is 0.323 e. The fourth-order valence-corrected chi connectivity index (χ4v) is 4.03. The number of fused-ring (bicyclic) bond motifs is 1. The maximum Gasteiger partial charge on any atom is 0.270 e. The Bertz CT molecular complexity index is 939. The molecule has 0 fully saturated rings. The summed E-state index contributed by atoms with van der Waals surface area (Å²) in [6.45, 7) is 3.91. The van der Waals surface area contributed by atoms with Gasteiger partial charge in [0.1, 0.15) is 10.6 Å². The lowest BCUT2D eigenvalue weighted by molar-refractivity contribution is 0.900. The molecule has 0 saturated carbocycles. The van der Waals surface area contributed by atoms with Crippen LogP contribution in [-0.2, 0) is 0 Å². The zero-order valence-electron chi connectivity index (χ0n) is 10.7. The molecule has 7 heteroatoms. The number of thiophene rings is 1. The summed E-state index contributed by atoms with van der Waals surface area (Å²) in [4.78, 5) is 21.9. The van der Waals surface area contributed by atoms with Crippen LogP contribution in [0.15, 0.2) is 27.6 Å². The van der Waals surface area contributed by atoms with Crippen molar-refractivity contribution in [1.29, 1.82) is 0 Å². The molecule has 0 spiro atoms. The van der Waals surface area contributed by atoms with E-state index in [2.05, 4.69) is 25.9 Å². The highest BCUT2D eigenvalue weighted by molar-refractivity contribution is 9.10. The number of aromatic nitrogens is 3. The predicted octanol–water partition coefficient (Wildman–Crippen LogP) is 3.88. The average Bonchev–Trinajstić information content (AvgIpc) is 2.65. The highest BCUT2D eigenvalue weighted by atomic mass is 79.9. The van der Waals surface area contributed by atoms with Crippen LogP contribution in [0.5, 0.6) is 0 Å². The molecule has 0 aliphatic carbocycles. The quantitative estimate of drug-likeness (QED) is 0.663. The predicted molar refractivity (Wildman–Crippen MR) is 87.6 cm³/mol. The molecule has 102 valence electrons. The fourth-order valence-electron chi connectivity index (χ4n) is 2.01. The molecule has 1 N–H and O–H groups in total. The van der Waals surface area contributed by atoms with Crippen molar-refractivity contribution < 1.29 is 0 Å². The van der Waals surface area contributed by atoms with Crippen molar-refractivity contribution in [2.45, 2.75) is 13.8 Å². The van der Waals surface area contributed by atoms with Crippen LogP contribution < -0.4 is 5.56 Å². The molecule has 0 saturated heterocycles. The van der Waals surface area contributed by atoms with Crippen LogP contribution in [0.3, 0.4) is 0 Å². The number of nitrogens with one attached hydrogen (secondary N) is 1. The van der Waals surface area contributed by atoms with Gasteiger partial charge in [-0.25, -0.2) is 9.55 Å². The molecule has 0 atom stereocenters. The third-order valence-electron chi connectivity index (χ3n) is 2.98. The molecule has 3 heterocycles. The highest BCUT2D eigenvalue weighted by Crippen LogP contribution is 2.31. The van der Waals surface area contributed by atoms with Crippen molar-refractivity contribution >= 4 is 49.7 Å². The van der Waals surface area contributed by atoms with E-state index in [0.717, 1.165) is 19.7 Å². The molecule has 3 rings (SSSR count). The van der Waals surface area contributed by atoms with E-state index in [4.69, 9.17) is 12.2 Å². The minimum Gasteiger partial charge on any atom is -0.323 e. The van der Waals surface area contributed by atoms with Gasteiger partial charge >= 0.3 is 0 Å². The van der Waals surface area contributed by atoms with Gasteiger partial charge < -0.3 is 4.98 Å². The third-order valence-corrected chi connectivity index (χ3v) is 5.54. The first-order valence-corrected chi connectivity index (χ1v) is 7.88. The lowest BCUT2D eigenvalue weighted by atomic mass is 10.3. The van der Waals surface area contributed by atoms with Gasteiger partial charge in [-0.1, -0.05) is 0 Å². The third kappa shape index (κ3) is 2.06. The van der Waals surface area contributed by atoms with Crippen molar-refractivity contribution in [2.75, 3.05) is 0 Å². The number of aromatic amines is 1. The van der Waals surface area contributed by atoms with Gasteiger partial charge in [-0.15, -0.1) is 11.3 Å². The van der Waals surface area contributed by atoms with Crippen molar-refractivity contribution in [1.82, 2.24) is 14.5 Å². The Kier molecular flexibility index (Phi) is 3.35. The van der Waals surface area contributed by atoms with Gasteiger partial charge in [0.05, 0.1) is 5.39 Å². The van der Waals surface area contributed by atoms with Gasteiger partial charge in [0.2, 0.25) is 0 Å². The van der Waals surface area contributed by atoms with E-state index in [1.807, 2.05) is 26.0 Å². The monoisotopic (exact) mass is 367 g/mol. The van der Waals surface area contributed by atoms with Crippen molar-refractivity contribution in [3.05, 3.63) is 48.4 Å². The number of halogens is 1. The van der Waals surface area contributed by atoms with Gasteiger partial charge in [0.15, 0.2) is 4.77 Å². The molecule has 0 aliphatic heterocycles. The van der Waals surface area contributed by atoms with Crippen LogP contribution in [0.4, 0.5) is 0 Å². The molecule has 3 aromatic rings. The van der Waals surface area contributed by atoms with Crippen molar-refractivity contribution in [3.8, 4) is 5.82 Å². The summed E-state index contributed by atoms with van der Waals surface area (Å²) in [6, 6.07) is 3.72. The Labute approximate surface area is 132 Å². The topological polar surface area (TPSA) is 50.7 Å². The first-order chi connectivity index (χ1) is 9.49. The van der Waals surface area contributed by atoms with Crippen LogP contribution in [0.1, 0.15) is 10.4 Å². The van der Waals surface area contributed by atoms with Gasteiger partial charge in [-0.05, 0) is 59.7 Å². The number of hydrogen-bond donors (Lipinski definition) is 1. The van der Waals surface area contributed by atoms with E-state index in [1.165, 1.54) is 15.9 Å². The van der Waals surface area contributed by atoms with Crippen LogP contribution in [0, 0.1) is 18.6 Å². The highest BCUT2D eigenvalue weighted by Gasteiger charge is 2.15. The average molecular weight is 368 g/mol. The first-order valence-electron chi connectivity index (χ1n) is 5.86. The van der Waals surface area contributed by atoms with Gasteiger partial charge in [-0.2, -0.15) is 0 Å². The number of pyridine rings is 1. The van der Waals surface area contributed by atoms with Gasteiger partial charge in [0.25, 0.3) is 5.56 Å². The van der Waals surface area contributed by atoms with Crippen LogP contribution in [-0.4, -0.2) is 14.5 Å². The minimum atomic E-state index is -0.155. The Morgan fingerprint density at radius 3 is 2.90 bits per heavy atom. The Balaban J connectivity index is 2.46. The summed E-state index contributed by atoms with van der Waals surface area (Å²) in [5.74, 6) is 0.536. The molecular weight excluding hydrogens is 358 g/mol. The zero-order valence-corrected chi connectivity index (χ0v) is 13.9.